The van der Waals surface area contributed by atoms with Crippen LogP contribution in [0.5, 0.6) is 0 Å². The lowest BCUT2D eigenvalue weighted by Crippen LogP contribution is -2.31. The SMILES string of the molecule is CCC(OCC(=O)Nc1cccc(C)c1)C(=O)OC(C)C. The zero-order chi connectivity index (χ0) is 15.8. The average Bonchev–Trinajstić information content (AvgIpc) is 2.38. The van der Waals surface area contributed by atoms with Crippen molar-refractivity contribution in [2.45, 2.75) is 46.3 Å². The second-order valence-electron chi connectivity index (χ2n) is 5.11. The molecule has 0 spiro atoms. The third-order valence-electron chi connectivity index (χ3n) is 2.70. The fourth-order valence-corrected chi connectivity index (χ4v) is 1.76. The molecule has 0 saturated carbocycles. The van der Waals surface area contributed by atoms with E-state index in [-0.39, 0.29) is 18.6 Å². The van der Waals surface area contributed by atoms with E-state index in [1.165, 1.54) is 0 Å². The van der Waals surface area contributed by atoms with Crippen molar-refractivity contribution >= 4 is 17.6 Å². The maximum Gasteiger partial charge on any atom is 0.335 e. The van der Waals surface area contributed by atoms with Gasteiger partial charge in [-0.1, -0.05) is 19.1 Å². The van der Waals surface area contributed by atoms with Gasteiger partial charge in [0.2, 0.25) is 5.91 Å². The van der Waals surface area contributed by atoms with Crippen molar-refractivity contribution in [3.63, 3.8) is 0 Å². The molecule has 0 saturated heterocycles. The number of benzene rings is 1. The Morgan fingerprint density at radius 3 is 2.57 bits per heavy atom. The Bertz CT molecular complexity index is 485. The number of aryl methyl sites for hydroxylation is 1. The van der Waals surface area contributed by atoms with E-state index in [0.29, 0.717) is 12.1 Å². The lowest BCUT2D eigenvalue weighted by molar-refractivity contribution is -0.161. The monoisotopic (exact) mass is 293 g/mol. The molecule has 0 aliphatic rings. The minimum absolute atomic E-state index is 0.181. The van der Waals surface area contributed by atoms with Crippen LogP contribution >= 0.6 is 0 Å². The second kappa shape index (κ2) is 8.42. The second-order valence-corrected chi connectivity index (χ2v) is 5.11. The Morgan fingerprint density at radius 1 is 1.29 bits per heavy atom. The fraction of sp³-hybridized carbons (Fsp3) is 0.500. The highest BCUT2D eigenvalue weighted by atomic mass is 16.6. The van der Waals surface area contributed by atoms with Crippen molar-refractivity contribution in [3.8, 4) is 0 Å². The van der Waals surface area contributed by atoms with Crippen LogP contribution < -0.4 is 5.32 Å². The Morgan fingerprint density at radius 2 is 2.00 bits per heavy atom. The molecular weight excluding hydrogens is 270 g/mol. The van der Waals surface area contributed by atoms with E-state index in [4.69, 9.17) is 9.47 Å². The summed E-state index contributed by atoms with van der Waals surface area (Å²) in [7, 11) is 0. The Labute approximate surface area is 125 Å². The number of hydrogen-bond acceptors (Lipinski definition) is 4. The first kappa shape index (κ1) is 17.2. The van der Waals surface area contributed by atoms with Crippen molar-refractivity contribution in [1.82, 2.24) is 0 Å². The van der Waals surface area contributed by atoms with E-state index in [0.717, 1.165) is 5.56 Å². The largest absolute Gasteiger partial charge is 0.461 e. The summed E-state index contributed by atoms with van der Waals surface area (Å²) >= 11 is 0. The molecule has 0 radical (unpaired) electrons. The molecule has 1 atom stereocenters. The summed E-state index contributed by atoms with van der Waals surface area (Å²) in [6, 6.07) is 7.47. The topological polar surface area (TPSA) is 64.6 Å². The summed E-state index contributed by atoms with van der Waals surface area (Å²) < 4.78 is 10.4. The van der Waals surface area contributed by atoms with Crippen LogP contribution in [0.3, 0.4) is 0 Å². The van der Waals surface area contributed by atoms with Gasteiger partial charge in [0.05, 0.1) is 6.10 Å². The zero-order valence-corrected chi connectivity index (χ0v) is 13.0. The first-order chi connectivity index (χ1) is 9.92. The highest BCUT2D eigenvalue weighted by Gasteiger charge is 2.21. The molecule has 1 N–H and O–H groups in total. The molecule has 21 heavy (non-hydrogen) atoms. The average molecular weight is 293 g/mol. The number of anilines is 1. The van der Waals surface area contributed by atoms with Crippen LogP contribution in [0.2, 0.25) is 0 Å². The molecule has 0 fully saturated rings. The van der Waals surface area contributed by atoms with Crippen molar-refractivity contribution < 1.29 is 19.1 Å². The molecule has 1 rings (SSSR count). The number of nitrogens with one attached hydrogen (secondary N) is 1. The molecule has 0 bridgehead atoms. The molecule has 0 heterocycles. The summed E-state index contributed by atoms with van der Waals surface area (Å²) in [6.07, 6.45) is -0.449. The fourth-order valence-electron chi connectivity index (χ4n) is 1.76. The standard InChI is InChI=1S/C16H23NO4/c1-5-14(16(19)21-11(2)3)20-10-15(18)17-13-8-6-7-12(4)9-13/h6-9,11,14H,5,10H2,1-4H3,(H,17,18). The summed E-state index contributed by atoms with van der Waals surface area (Å²) in [5.41, 5.74) is 1.77. The molecule has 1 unspecified atom stereocenters. The summed E-state index contributed by atoms with van der Waals surface area (Å²) in [5, 5.41) is 2.73. The van der Waals surface area contributed by atoms with Gasteiger partial charge in [-0.3, -0.25) is 4.79 Å². The van der Waals surface area contributed by atoms with Crippen LogP contribution in [0, 0.1) is 6.92 Å². The van der Waals surface area contributed by atoms with Crippen molar-refractivity contribution in [3.05, 3.63) is 29.8 Å². The van der Waals surface area contributed by atoms with Gasteiger partial charge in [-0.05, 0) is 44.9 Å². The molecule has 5 nitrogen and oxygen atoms in total. The summed E-state index contributed by atoms with van der Waals surface area (Å²) in [4.78, 5) is 23.5. The minimum atomic E-state index is -0.712. The van der Waals surface area contributed by atoms with Crippen LogP contribution in [0.4, 0.5) is 5.69 Å². The van der Waals surface area contributed by atoms with E-state index in [1.54, 1.807) is 19.9 Å². The van der Waals surface area contributed by atoms with Crippen LogP contribution in [0.15, 0.2) is 24.3 Å². The number of carbonyl (C=O) groups excluding carboxylic acids is 2. The van der Waals surface area contributed by atoms with Gasteiger partial charge in [-0.25, -0.2) is 4.79 Å². The maximum absolute atomic E-state index is 11.8. The number of amides is 1. The normalized spacial score (nSPS) is 12.0. The first-order valence-electron chi connectivity index (χ1n) is 7.11. The molecule has 0 aromatic heterocycles. The van der Waals surface area contributed by atoms with E-state index in [9.17, 15) is 9.59 Å². The van der Waals surface area contributed by atoms with E-state index in [1.807, 2.05) is 32.0 Å². The zero-order valence-electron chi connectivity index (χ0n) is 13.0. The van der Waals surface area contributed by atoms with E-state index in [2.05, 4.69) is 5.32 Å². The maximum atomic E-state index is 11.8. The molecule has 1 amide bonds. The number of rotatable bonds is 7. The lowest BCUT2D eigenvalue weighted by Gasteiger charge is -2.16. The van der Waals surface area contributed by atoms with Gasteiger partial charge in [0.25, 0.3) is 0 Å². The van der Waals surface area contributed by atoms with Crippen molar-refractivity contribution in [1.29, 1.82) is 0 Å². The Hall–Kier alpha value is -1.88. The summed E-state index contributed by atoms with van der Waals surface area (Å²) in [5.74, 6) is -0.729. The number of ether oxygens (including phenoxy) is 2. The third-order valence-corrected chi connectivity index (χ3v) is 2.70. The van der Waals surface area contributed by atoms with Gasteiger partial charge in [-0.15, -0.1) is 0 Å². The van der Waals surface area contributed by atoms with Gasteiger partial charge < -0.3 is 14.8 Å². The van der Waals surface area contributed by atoms with Crippen LogP contribution in [0.25, 0.3) is 0 Å². The van der Waals surface area contributed by atoms with Gasteiger partial charge in [-0.2, -0.15) is 0 Å². The molecule has 1 aromatic carbocycles. The highest BCUT2D eigenvalue weighted by Crippen LogP contribution is 2.10. The number of carbonyl (C=O) groups is 2. The predicted molar refractivity (Wildman–Crippen MR) is 81.1 cm³/mol. The van der Waals surface area contributed by atoms with Gasteiger partial charge >= 0.3 is 5.97 Å². The van der Waals surface area contributed by atoms with Crippen LogP contribution in [-0.2, 0) is 19.1 Å². The van der Waals surface area contributed by atoms with Crippen LogP contribution in [-0.4, -0.2) is 30.7 Å². The molecular formula is C16H23NO4. The van der Waals surface area contributed by atoms with Crippen molar-refractivity contribution in [2.75, 3.05) is 11.9 Å². The third kappa shape index (κ3) is 6.40. The van der Waals surface area contributed by atoms with Crippen LogP contribution in [0.1, 0.15) is 32.8 Å². The number of hydrogen-bond donors (Lipinski definition) is 1. The van der Waals surface area contributed by atoms with Gasteiger partial charge in [0, 0.05) is 5.69 Å². The van der Waals surface area contributed by atoms with Gasteiger partial charge in [0.1, 0.15) is 6.61 Å². The molecule has 0 aliphatic carbocycles. The first-order valence-corrected chi connectivity index (χ1v) is 7.11. The smallest absolute Gasteiger partial charge is 0.335 e. The van der Waals surface area contributed by atoms with E-state index >= 15 is 0 Å². The Kier molecular flexibility index (Phi) is 6.88. The highest BCUT2D eigenvalue weighted by molar-refractivity contribution is 5.92. The molecule has 1 aromatic rings. The predicted octanol–water partition coefficient (Wildman–Crippen LogP) is 2.68. The molecule has 5 heteroatoms. The summed E-state index contributed by atoms with van der Waals surface area (Å²) in [6.45, 7) is 7.12. The Balaban J connectivity index is 2.45. The molecule has 116 valence electrons. The van der Waals surface area contributed by atoms with Gasteiger partial charge in [0.15, 0.2) is 6.10 Å². The molecule has 0 aliphatic heterocycles. The minimum Gasteiger partial charge on any atom is -0.461 e. The lowest BCUT2D eigenvalue weighted by atomic mass is 10.2. The van der Waals surface area contributed by atoms with E-state index < -0.39 is 12.1 Å². The quantitative estimate of drug-likeness (QED) is 0.785. The number of esters is 1. The van der Waals surface area contributed by atoms with Crippen molar-refractivity contribution in [2.24, 2.45) is 0 Å².